The van der Waals surface area contributed by atoms with Gasteiger partial charge in [0.1, 0.15) is 11.4 Å². The molecule has 100 valence electrons. The van der Waals surface area contributed by atoms with Crippen molar-refractivity contribution in [3.05, 3.63) is 48.9 Å². The van der Waals surface area contributed by atoms with E-state index in [4.69, 9.17) is 5.11 Å². The molecule has 3 rings (SSSR count). The van der Waals surface area contributed by atoms with Gasteiger partial charge in [-0.05, 0) is 30.3 Å². The molecule has 6 nitrogen and oxygen atoms in total. The molecular formula is C13H10N4O2S. The van der Waals surface area contributed by atoms with E-state index in [9.17, 15) is 4.79 Å². The minimum atomic E-state index is -1.13. The summed E-state index contributed by atoms with van der Waals surface area (Å²) in [4.78, 5) is 20.1. The summed E-state index contributed by atoms with van der Waals surface area (Å²) >= 11 is 1.53. The average molecular weight is 286 g/mol. The van der Waals surface area contributed by atoms with Gasteiger partial charge >= 0.3 is 6.09 Å². The highest BCUT2D eigenvalue weighted by molar-refractivity contribution is 7.99. The molecule has 2 heterocycles. The van der Waals surface area contributed by atoms with Crippen molar-refractivity contribution in [1.29, 1.82) is 0 Å². The number of benzene rings is 1. The van der Waals surface area contributed by atoms with E-state index in [1.165, 1.54) is 22.8 Å². The Balaban J connectivity index is 1.90. The molecule has 0 saturated heterocycles. The predicted octanol–water partition coefficient (Wildman–Crippen LogP) is 2.80. The Kier molecular flexibility index (Phi) is 3.26. The van der Waals surface area contributed by atoms with Crippen LogP contribution in [0.3, 0.4) is 0 Å². The van der Waals surface area contributed by atoms with Crippen molar-refractivity contribution in [3.63, 3.8) is 0 Å². The lowest BCUT2D eigenvalue weighted by Gasteiger charge is -2.03. The Morgan fingerprint density at radius 3 is 2.90 bits per heavy atom. The number of fused-ring (bicyclic) bond motifs is 1. The number of nitrogens with one attached hydrogen (secondary N) is 1. The number of rotatable bonds is 3. The van der Waals surface area contributed by atoms with Crippen molar-refractivity contribution in [3.8, 4) is 0 Å². The van der Waals surface area contributed by atoms with E-state index in [1.54, 1.807) is 6.20 Å². The van der Waals surface area contributed by atoms with Crippen LogP contribution in [0.2, 0.25) is 0 Å². The summed E-state index contributed by atoms with van der Waals surface area (Å²) in [5.41, 5.74) is 3.68. The van der Waals surface area contributed by atoms with Gasteiger partial charge in [0.2, 0.25) is 0 Å². The minimum Gasteiger partial charge on any atom is -0.464 e. The standard InChI is InChI=1S/C13H10N4O2S/c18-13(19)16-17-8-15-10-7-9(4-5-11(10)17)20-12-3-1-2-6-14-12/h1-8,16H,(H,18,19). The topological polar surface area (TPSA) is 80.0 Å². The smallest absolute Gasteiger partial charge is 0.424 e. The summed E-state index contributed by atoms with van der Waals surface area (Å²) in [5.74, 6) is 0. The summed E-state index contributed by atoms with van der Waals surface area (Å²) in [6.07, 6.45) is 2.05. The number of aromatic nitrogens is 3. The van der Waals surface area contributed by atoms with Crippen LogP contribution in [-0.2, 0) is 0 Å². The van der Waals surface area contributed by atoms with Crippen molar-refractivity contribution in [2.75, 3.05) is 5.43 Å². The zero-order valence-corrected chi connectivity index (χ0v) is 11.0. The van der Waals surface area contributed by atoms with E-state index in [0.717, 1.165) is 15.4 Å². The van der Waals surface area contributed by atoms with E-state index in [0.29, 0.717) is 5.52 Å². The number of carbonyl (C=O) groups is 1. The van der Waals surface area contributed by atoms with Crippen molar-refractivity contribution in [1.82, 2.24) is 14.6 Å². The fourth-order valence-corrected chi connectivity index (χ4v) is 2.58. The number of amides is 1. The highest BCUT2D eigenvalue weighted by Crippen LogP contribution is 2.27. The van der Waals surface area contributed by atoms with E-state index < -0.39 is 6.09 Å². The number of carboxylic acid groups (broad SMARTS) is 1. The van der Waals surface area contributed by atoms with E-state index in [1.807, 2.05) is 36.4 Å². The quantitative estimate of drug-likeness (QED) is 0.774. The number of nitrogens with zero attached hydrogens (tertiary/aromatic N) is 3. The highest BCUT2D eigenvalue weighted by Gasteiger charge is 2.06. The van der Waals surface area contributed by atoms with Gasteiger partial charge in [-0.25, -0.2) is 24.9 Å². The Bertz CT molecular complexity index is 757. The molecule has 0 unspecified atom stereocenters. The maximum Gasteiger partial charge on any atom is 0.424 e. The molecule has 0 atom stereocenters. The molecule has 20 heavy (non-hydrogen) atoms. The first-order valence-electron chi connectivity index (χ1n) is 5.78. The van der Waals surface area contributed by atoms with Gasteiger partial charge in [-0.3, -0.25) is 0 Å². The van der Waals surface area contributed by atoms with Gasteiger partial charge in [0.05, 0.1) is 11.0 Å². The van der Waals surface area contributed by atoms with Crippen LogP contribution >= 0.6 is 11.8 Å². The van der Waals surface area contributed by atoms with Crippen LogP contribution < -0.4 is 5.43 Å². The third-order valence-corrected chi connectivity index (χ3v) is 3.54. The number of hydrogen-bond acceptors (Lipinski definition) is 4. The minimum absolute atomic E-state index is 0.706. The van der Waals surface area contributed by atoms with Gasteiger partial charge in [0, 0.05) is 11.1 Å². The van der Waals surface area contributed by atoms with Gasteiger partial charge in [0.25, 0.3) is 0 Å². The first-order chi connectivity index (χ1) is 9.72. The summed E-state index contributed by atoms with van der Waals surface area (Å²) < 4.78 is 1.37. The van der Waals surface area contributed by atoms with E-state index in [2.05, 4.69) is 15.4 Å². The molecule has 0 radical (unpaired) electrons. The van der Waals surface area contributed by atoms with Crippen LogP contribution in [0.25, 0.3) is 11.0 Å². The van der Waals surface area contributed by atoms with Gasteiger partial charge in [-0.2, -0.15) is 0 Å². The van der Waals surface area contributed by atoms with Gasteiger partial charge in [-0.1, -0.05) is 17.8 Å². The van der Waals surface area contributed by atoms with Crippen molar-refractivity contribution < 1.29 is 9.90 Å². The van der Waals surface area contributed by atoms with Crippen LogP contribution in [-0.4, -0.2) is 25.8 Å². The van der Waals surface area contributed by atoms with Gasteiger partial charge in [0.15, 0.2) is 0 Å². The zero-order valence-electron chi connectivity index (χ0n) is 10.2. The third kappa shape index (κ3) is 2.57. The average Bonchev–Trinajstić information content (AvgIpc) is 2.82. The lowest BCUT2D eigenvalue weighted by Crippen LogP contribution is -2.19. The Morgan fingerprint density at radius 1 is 1.25 bits per heavy atom. The predicted molar refractivity (Wildman–Crippen MR) is 75.5 cm³/mol. The van der Waals surface area contributed by atoms with Crippen LogP contribution in [0.1, 0.15) is 0 Å². The largest absolute Gasteiger partial charge is 0.464 e. The Labute approximate surface area is 118 Å². The fraction of sp³-hybridized carbons (Fsp3) is 0. The van der Waals surface area contributed by atoms with Crippen LogP contribution in [0.4, 0.5) is 4.79 Å². The summed E-state index contributed by atoms with van der Waals surface area (Å²) in [6.45, 7) is 0. The molecule has 1 aromatic carbocycles. The molecule has 0 fully saturated rings. The Hall–Kier alpha value is -2.54. The van der Waals surface area contributed by atoms with Crippen LogP contribution in [0, 0.1) is 0 Å². The molecule has 7 heteroatoms. The second-order valence-corrected chi connectivity index (χ2v) is 5.05. The maximum atomic E-state index is 10.6. The molecular weight excluding hydrogens is 276 g/mol. The summed E-state index contributed by atoms with van der Waals surface area (Å²) in [5, 5.41) is 9.62. The molecule has 0 aliphatic rings. The molecule has 3 aromatic rings. The van der Waals surface area contributed by atoms with E-state index >= 15 is 0 Å². The lowest BCUT2D eigenvalue weighted by atomic mass is 10.3. The number of hydrogen-bond donors (Lipinski definition) is 2. The van der Waals surface area contributed by atoms with Crippen molar-refractivity contribution in [2.45, 2.75) is 9.92 Å². The molecule has 1 amide bonds. The normalized spacial score (nSPS) is 10.6. The molecule has 2 N–H and O–H groups in total. The molecule has 0 saturated carbocycles. The first-order valence-corrected chi connectivity index (χ1v) is 6.60. The molecule has 0 aliphatic carbocycles. The summed E-state index contributed by atoms with van der Waals surface area (Å²) in [7, 11) is 0. The van der Waals surface area contributed by atoms with Gasteiger partial charge in [-0.15, -0.1) is 0 Å². The number of pyridine rings is 1. The maximum absolute atomic E-state index is 10.6. The number of imidazole rings is 1. The Morgan fingerprint density at radius 2 is 2.15 bits per heavy atom. The second kappa shape index (κ2) is 5.22. The lowest BCUT2D eigenvalue weighted by molar-refractivity contribution is 0.206. The van der Waals surface area contributed by atoms with Gasteiger partial charge < -0.3 is 5.11 Å². The van der Waals surface area contributed by atoms with Crippen molar-refractivity contribution >= 4 is 28.9 Å². The van der Waals surface area contributed by atoms with Crippen LogP contribution in [0.15, 0.2) is 58.8 Å². The third-order valence-electron chi connectivity index (χ3n) is 2.59. The van der Waals surface area contributed by atoms with Crippen molar-refractivity contribution in [2.24, 2.45) is 0 Å². The molecule has 0 spiro atoms. The monoisotopic (exact) mass is 286 g/mol. The fourth-order valence-electron chi connectivity index (χ4n) is 1.78. The SMILES string of the molecule is O=C(O)Nn1cnc2cc(Sc3ccccn3)ccc21. The van der Waals surface area contributed by atoms with E-state index in [-0.39, 0.29) is 0 Å². The van der Waals surface area contributed by atoms with Crippen LogP contribution in [0.5, 0.6) is 0 Å². The zero-order chi connectivity index (χ0) is 13.9. The second-order valence-electron chi connectivity index (χ2n) is 3.95. The molecule has 0 aliphatic heterocycles. The molecule has 0 bridgehead atoms. The summed E-state index contributed by atoms with van der Waals surface area (Å²) in [6, 6.07) is 11.4. The molecule has 2 aromatic heterocycles. The first kappa shape index (κ1) is 12.5. The highest BCUT2D eigenvalue weighted by atomic mass is 32.2.